The van der Waals surface area contributed by atoms with Crippen molar-refractivity contribution in [2.75, 3.05) is 13.2 Å². The van der Waals surface area contributed by atoms with Crippen LogP contribution in [0.25, 0.3) is 0 Å². The van der Waals surface area contributed by atoms with E-state index < -0.39 is 16.3 Å². The zero-order valence-electron chi connectivity index (χ0n) is 6.15. The molecular formula is C5H11NO4S. The van der Waals surface area contributed by atoms with Crippen molar-refractivity contribution in [3.63, 3.8) is 0 Å². The minimum absolute atomic E-state index is 0.0172. The van der Waals surface area contributed by atoms with Crippen LogP contribution in [0.1, 0.15) is 6.92 Å². The standard InChI is InChI=1S/C5H11NO4S/c1-4-3-10-11(8,9)6-5(4)2-7/h4-7H,2-3H2,1H3/t4-,5+/m1/s1. The van der Waals surface area contributed by atoms with Gasteiger partial charge in [-0.15, -0.1) is 0 Å². The van der Waals surface area contributed by atoms with Crippen molar-refractivity contribution < 1.29 is 17.7 Å². The maximum Gasteiger partial charge on any atom is 0.336 e. The molecule has 1 fully saturated rings. The first-order valence-corrected chi connectivity index (χ1v) is 4.73. The first kappa shape index (κ1) is 8.92. The Hall–Kier alpha value is -0.170. The van der Waals surface area contributed by atoms with E-state index in [0.717, 1.165) is 0 Å². The van der Waals surface area contributed by atoms with Crippen molar-refractivity contribution >= 4 is 10.3 Å². The van der Waals surface area contributed by atoms with Crippen molar-refractivity contribution in [1.29, 1.82) is 0 Å². The third-order valence-electron chi connectivity index (χ3n) is 1.67. The highest BCUT2D eigenvalue weighted by atomic mass is 32.2. The second kappa shape index (κ2) is 3.06. The highest BCUT2D eigenvalue weighted by Gasteiger charge is 2.29. The van der Waals surface area contributed by atoms with Gasteiger partial charge in [-0.25, -0.2) is 0 Å². The molecule has 0 amide bonds. The summed E-state index contributed by atoms with van der Waals surface area (Å²) in [7, 11) is -3.59. The van der Waals surface area contributed by atoms with Crippen LogP contribution in [-0.4, -0.2) is 32.8 Å². The van der Waals surface area contributed by atoms with E-state index in [0.29, 0.717) is 0 Å². The van der Waals surface area contributed by atoms with Gasteiger partial charge < -0.3 is 5.11 Å². The van der Waals surface area contributed by atoms with Gasteiger partial charge in [0.15, 0.2) is 0 Å². The Morgan fingerprint density at radius 1 is 1.73 bits per heavy atom. The molecule has 0 radical (unpaired) electrons. The molecule has 1 rings (SSSR count). The van der Waals surface area contributed by atoms with Crippen LogP contribution < -0.4 is 4.72 Å². The lowest BCUT2D eigenvalue weighted by molar-refractivity contribution is 0.147. The predicted molar refractivity (Wildman–Crippen MR) is 38.0 cm³/mol. The van der Waals surface area contributed by atoms with Gasteiger partial charge in [0.1, 0.15) is 0 Å². The lowest BCUT2D eigenvalue weighted by Crippen LogP contribution is -2.49. The molecule has 0 bridgehead atoms. The Morgan fingerprint density at radius 3 is 2.82 bits per heavy atom. The summed E-state index contributed by atoms with van der Waals surface area (Å²) in [6.07, 6.45) is 0. The fourth-order valence-corrected chi connectivity index (χ4v) is 2.01. The van der Waals surface area contributed by atoms with E-state index in [1.165, 1.54) is 0 Å². The van der Waals surface area contributed by atoms with Crippen molar-refractivity contribution in [2.45, 2.75) is 13.0 Å². The van der Waals surface area contributed by atoms with Gasteiger partial charge >= 0.3 is 10.3 Å². The summed E-state index contributed by atoms with van der Waals surface area (Å²) in [5, 5.41) is 8.71. The molecular weight excluding hydrogens is 170 g/mol. The first-order chi connectivity index (χ1) is 5.05. The Balaban J connectivity index is 2.66. The maximum atomic E-state index is 10.7. The van der Waals surface area contributed by atoms with Crippen LogP contribution in [0.15, 0.2) is 0 Å². The van der Waals surface area contributed by atoms with Gasteiger partial charge in [0, 0.05) is 0 Å². The van der Waals surface area contributed by atoms with E-state index in [-0.39, 0.29) is 19.1 Å². The van der Waals surface area contributed by atoms with Gasteiger partial charge in [-0.1, -0.05) is 6.92 Å². The minimum Gasteiger partial charge on any atom is -0.395 e. The van der Waals surface area contributed by atoms with Gasteiger partial charge in [-0.05, 0) is 5.92 Å². The highest BCUT2D eigenvalue weighted by molar-refractivity contribution is 7.84. The number of aliphatic hydroxyl groups excluding tert-OH is 1. The smallest absolute Gasteiger partial charge is 0.336 e. The average Bonchev–Trinajstić information content (AvgIpc) is 1.94. The first-order valence-electron chi connectivity index (χ1n) is 3.32. The summed E-state index contributed by atoms with van der Waals surface area (Å²) in [5.41, 5.74) is 0. The fourth-order valence-electron chi connectivity index (χ4n) is 0.866. The summed E-state index contributed by atoms with van der Waals surface area (Å²) in [6, 6.07) is -0.409. The third-order valence-corrected chi connectivity index (χ3v) is 2.70. The minimum atomic E-state index is -3.59. The second-order valence-electron chi connectivity index (χ2n) is 2.62. The lowest BCUT2D eigenvalue weighted by Gasteiger charge is -2.27. The van der Waals surface area contributed by atoms with Gasteiger partial charge in [0.2, 0.25) is 0 Å². The molecule has 0 saturated carbocycles. The molecule has 2 atom stereocenters. The molecule has 0 unspecified atom stereocenters. The Labute approximate surface area is 65.6 Å². The Morgan fingerprint density at radius 2 is 2.36 bits per heavy atom. The molecule has 0 aromatic carbocycles. The van der Waals surface area contributed by atoms with E-state index in [2.05, 4.69) is 8.91 Å². The van der Waals surface area contributed by atoms with E-state index >= 15 is 0 Å². The van der Waals surface area contributed by atoms with Crippen LogP contribution in [0.2, 0.25) is 0 Å². The van der Waals surface area contributed by atoms with Crippen LogP contribution in [0.4, 0.5) is 0 Å². The Kier molecular flexibility index (Phi) is 2.48. The molecule has 6 heteroatoms. The molecule has 1 saturated heterocycles. The zero-order valence-corrected chi connectivity index (χ0v) is 6.97. The van der Waals surface area contributed by atoms with Gasteiger partial charge in [-0.3, -0.25) is 4.18 Å². The van der Waals surface area contributed by atoms with E-state index in [1.807, 2.05) is 6.92 Å². The van der Waals surface area contributed by atoms with Crippen LogP contribution >= 0.6 is 0 Å². The van der Waals surface area contributed by atoms with E-state index in [9.17, 15) is 8.42 Å². The summed E-state index contributed by atoms with van der Waals surface area (Å²) in [5.74, 6) is 0.0172. The number of nitrogens with one attached hydrogen (secondary N) is 1. The molecule has 5 nitrogen and oxygen atoms in total. The van der Waals surface area contributed by atoms with Crippen molar-refractivity contribution in [3.8, 4) is 0 Å². The predicted octanol–water partition coefficient (Wildman–Crippen LogP) is -1.15. The third kappa shape index (κ3) is 2.13. The van der Waals surface area contributed by atoms with Crippen molar-refractivity contribution in [3.05, 3.63) is 0 Å². The fraction of sp³-hybridized carbons (Fsp3) is 1.00. The molecule has 0 spiro atoms. The molecule has 66 valence electrons. The highest BCUT2D eigenvalue weighted by Crippen LogP contribution is 2.11. The quantitative estimate of drug-likeness (QED) is 0.535. The van der Waals surface area contributed by atoms with Crippen molar-refractivity contribution in [2.24, 2.45) is 5.92 Å². The summed E-state index contributed by atoms with van der Waals surface area (Å²) in [6.45, 7) is 1.76. The van der Waals surface area contributed by atoms with Gasteiger partial charge in [0.25, 0.3) is 0 Å². The summed E-state index contributed by atoms with van der Waals surface area (Å²) in [4.78, 5) is 0. The van der Waals surface area contributed by atoms with Gasteiger partial charge in [0.05, 0.1) is 19.3 Å². The zero-order chi connectivity index (χ0) is 8.48. The number of hydrogen-bond donors (Lipinski definition) is 2. The number of aliphatic hydroxyl groups is 1. The van der Waals surface area contributed by atoms with Crippen LogP contribution in [0, 0.1) is 5.92 Å². The maximum absolute atomic E-state index is 10.7. The lowest BCUT2D eigenvalue weighted by atomic mass is 10.1. The van der Waals surface area contributed by atoms with Crippen molar-refractivity contribution in [1.82, 2.24) is 4.72 Å². The van der Waals surface area contributed by atoms with E-state index in [1.54, 1.807) is 0 Å². The topological polar surface area (TPSA) is 75.6 Å². The number of rotatable bonds is 1. The number of hydrogen-bond acceptors (Lipinski definition) is 4. The molecule has 2 N–H and O–H groups in total. The normalized spacial score (nSPS) is 36.9. The van der Waals surface area contributed by atoms with Crippen LogP contribution in [-0.2, 0) is 14.5 Å². The van der Waals surface area contributed by atoms with Gasteiger partial charge in [-0.2, -0.15) is 13.1 Å². The summed E-state index contributed by atoms with van der Waals surface area (Å²) < 4.78 is 28.1. The SMILES string of the molecule is C[C@@H]1COS(=O)(=O)N[C@H]1CO. The monoisotopic (exact) mass is 181 g/mol. The molecule has 0 aromatic heterocycles. The average molecular weight is 181 g/mol. The molecule has 0 aromatic rings. The second-order valence-corrected chi connectivity index (χ2v) is 4.00. The molecule has 11 heavy (non-hydrogen) atoms. The molecule has 0 aliphatic carbocycles. The molecule has 1 heterocycles. The molecule has 1 aliphatic rings. The van der Waals surface area contributed by atoms with Crippen LogP contribution in [0.3, 0.4) is 0 Å². The largest absolute Gasteiger partial charge is 0.395 e. The summed E-state index contributed by atoms with van der Waals surface area (Å²) >= 11 is 0. The molecule has 1 aliphatic heterocycles. The Bertz CT molecular complexity index is 225. The van der Waals surface area contributed by atoms with E-state index in [4.69, 9.17) is 5.11 Å². The van der Waals surface area contributed by atoms with Crippen LogP contribution in [0.5, 0.6) is 0 Å².